The molecule has 3 nitrogen and oxygen atoms in total. The molecule has 0 bridgehead atoms. The van der Waals surface area contributed by atoms with Crippen molar-refractivity contribution < 1.29 is 9.50 Å². The zero-order chi connectivity index (χ0) is 12.0. The normalized spacial score (nSPS) is 13.1. The first-order chi connectivity index (χ1) is 7.61. The first-order valence-corrected chi connectivity index (χ1v) is 5.43. The predicted octanol–water partition coefficient (Wildman–Crippen LogP) is 0.967. The minimum Gasteiger partial charge on any atom is -0.392 e. The van der Waals surface area contributed by atoms with Crippen LogP contribution in [0.2, 0.25) is 0 Å². The van der Waals surface area contributed by atoms with Crippen LogP contribution >= 0.6 is 0 Å². The summed E-state index contributed by atoms with van der Waals surface area (Å²) in [7, 11) is 1.89. The van der Waals surface area contributed by atoms with E-state index in [1.165, 1.54) is 12.1 Å². The monoisotopic (exact) mass is 226 g/mol. The third kappa shape index (κ3) is 4.70. The first kappa shape index (κ1) is 13.1. The Labute approximate surface area is 95.7 Å². The second kappa shape index (κ2) is 6.58. The summed E-state index contributed by atoms with van der Waals surface area (Å²) in [5.41, 5.74) is 6.25. The van der Waals surface area contributed by atoms with Crippen molar-refractivity contribution in [2.75, 3.05) is 20.1 Å². The van der Waals surface area contributed by atoms with Gasteiger partial charge in [-0.2, -0.15) is 0 Å². The number of aliphatic hydroxyl groups is 1. The van der Waals surface area contributed by atoms with Crippen molar-refractivity contribution in [1.29, 1.82) is 0 Å². The SMILES string of the molecule is CN(Cc1cccc(F)c1)CC(O)CCN. The third-order valence-electron chi connectivity index (χ3n) is 2.36. The van der Waals surface area contributed by atoms with Gasteiger partial charge in [0.1, 0.15) is 5.82 Å². The molecule has 0 radical (unpaired) electrons. The number of nitrogens with two attached hydrogens (primary N) is 1. The van der Waals surface area contributed by atoms with Gasteiger partial charge in [0.25, 0.3) is 0 Å². The molecule has 1 atom stereocenters. The molecule has 0 aromatic heterocycles. The van der Waals surface area contributed by atoms with E-state index in [9.17, 15) is 9.50 Å². The van der Waals surface area contributed by atoms with Crippen molar-refractivity contribution in [3.8, 4) is 0 Å². The van der Waals surface area contributed by atoms with Crippen molar-refractivity contribution in [2.24, 2.45) is 5.73 Å². The molecule has 0 amide bonds. The molecule has 0 aliphatic heterocycles. The van der Waals surface area contributed by atoms with E-state index in [-0.39, 0.29) is 5.82 Å². The minimum atomic E-state index is -0.413. The van der Waals surface area contributed by atoms with Crippen molar-refractivity contribution in [1.82, 2.24) is 4.90 Å². The lowest BCUT2D eigenvalue weighted by atomic mass is 10.2. The van der Waals surface area contributed by atoms with Gasteiger partial charge in [0.2, 0.25) is 0 Å². The Balaban J connectivity index is 2.42. The van der Waals surface area contributed by atoms with Crippen LogP contribution in [0.3, 0.4) is 0 Å². The lowest BCUT2D eigenvalue weighted by Gasteiger charge is -2.20. The number of hydrogen-bond acceptors (Lipinski definition) is 3. The van der Waals surface area contributed by atoms with Crippen LogP contribution in [-0.4, -0.2) is 36.2 Å². The van der Waals surface area contributed by atoms with Crippen LogP contribution in [-0.2, 0) is 6.54 Å². The molecule has 0 fully saturated rings. The molecule has 1 rings (SSSR count). The lowest BCUT2D eigenvalue weighted by Crippen LogP contribution is -2.30. The highest BCUT2D eigenvalue weighted by molar-refractivity contribution is 5.15. The second-order valence-corrected chi connectivity index (χ2v) is 4.06. The molecular weight excluding hydrogens is 207 g/mol. The smallest absolute Gasteiger partial charge is 0.123 e. The van der Waals surface area contributed by atoms with Gasteiger partial charge < -0.3 is 10.8 Å². The van der Waals surface area contributed by atoms with Crippen LogP contribution in [0.5, 0.6) is 0 Å². The van der Waals surface area contributed by atoms with E-state index >= 15 is 0 Å². The Kier molecular flexibility index (Phi) is 5.38. The fraction of sp³-hybridized carbons (Fsp3) is 0.500. The molecule has 16 heavy (non-hydrogen) atoms. The van der Waals surface area contributed by atoms with Crippen molar-refractivity contribution in [3.63, 3.8) is 0 Å². The quantitative estimate of drug-likeness (QED) is 0.760. The highest BCUT2D eigenvalue weighted by Crippen LogP contribution is 2.06. The molecule has 1 aromatic carbocycles. The standard InChI is InChI=1S/C12H19FN2O/c1-15(9-12(16)5-6-14)8-10-3-2-4-11(13)7-10/h2-4,7,12,16H,5-6,8-9,14H2,1H3. The van der Waals surface area contributed by atoms with Gasteiger partial charge in [0.15, 0.2) is 0 Å². The summed E-state index contributed by atoms with van der Waals surface area (Å²) >= 11 is 0. The Morgan fingerprint density at radius 3 is 2.88 bits per heavy atom. The average molecular weight is 226 g/mol. The van der Waals surface area contributed by atoms with Gasteiger partial charge in [-0.25, -0.2) is 4.39 Å². The van der Waals surface area contributed by atoms with E-state index in [2.05, 4.69) is 0 Å². The van der Waals surface area contributed by atoms with Crippen LogP contribution in [0.25, 0.3) is 0 Å². The lowest BCUT2D eigenvalue weighted by molar-refractivity contribution is 0.117. The third-order valence-corrected chi connectivity index (χ3v) is 2.36. The maximum atomic E-state index is 12.9. The van der Waals surface area contributed by atoms with Crippen molar-refractivity contribution >= 4 is 0 Å². The number of rotatable bonds is 6. The molecule has 0 heterocycles. The largest absolute Gasteiger partial charge is 0.392 e. The molecule has 0 spiro atoms. The van der Waals surface area contributed by atoms with Crippen molar-refractivity contribution in [3.05, 3.63) is 35.6 Å². The Morgan fingerprint density at radius 1 is 1.50 bits per heavy atom. The van der Waals surface area contributed by atoms with Crippen LogP contribution in [0.4, 0.5) is 4.39 Å². The molecule has 0 saturated carbocycles. The molecule has 1 unspecified atom stereocenters. The van der Waals surface area contributed by atoms with E-state index in [0.717, 1.165) is 5.56 Å². The molecule has 3 N–H and O–H groups in total. The molecular formula is C12H19FN2O. The highest BCUT2D eigenvalue weighted by atomic mass is 19.1. The number of aliphatic hydroxyl groups excluding tert-OH is 1. The van der Waals surface area contributed by atoms with E-state index in [4.69, 9.17) is 5.73 Å². The zero-order valence-corrected chi connectivity index (χ0v) is 9.56. The number of nitrogens with zero attached hydrogens (tertiary/aromatic N) is 1. The fourth-order valence-electron chi connectivity index (χ4n) is 1.65. The van der Waals surface area contributed by atoms with Gasteiger partial charge in [0, 0.05) is 13.1 Å². The fourth-order valence-corrected chi connectivity index (χ4v) is 1.65. The number of hydrogen-bond donors (Lipinski definition) is 2. The van der Waals surface area contributed by atoms with E-state index in [0.29, 0.717) is 26.1 Å². The Bertz CT molecular complexity index is 320. The molecule has 0 aliphatic carbocycles. The van der Waals surface area contributed by atoms with Gasteiger partial charge in [-0.3, -0.25) is 4.90 Å². The van der Waals surface area contributed by atoms with Crippen LogP contribution in [0, 0.1) is 5.82 Å². The number of halogens is 1. The second-order valence-electron chi connectivity index (χ2n) is 4.06. The summed E-state index contributed by atoms with van der Waals surface area (Å²) in [5, 5.41) is 9.56. The summed E-state index contributed by atoms with van der Waals surface area (Å²) in [4.78, 5) is 1.95. The maximum Gasteiger partial charge on any atom is 0.123 e. The van der Waals surface area contributed by atoms with Crippen LogP contribution in [0.15, 0.2) is 24.3 Å². The van der Waals surface area contributed by atoms with Gasteiger partial charge in [-0.15, -0.1) is 0 Å². The number of benzene rings is 1. The molecule has 90 valence electrons. The van der Waals surface area contributed by atoms with E-state index < -0.39 is 6.10 Å². The molecule has 1 aromatic rings. The summed E-state index contributed by atoms with van der Waals surface area (Å²) in [6.07, 6.45) is 0.177. The van der Waals surface area contributed by atoms with E-state index in [1.807, 2.05) is 18.0 Å². The Hall–Kier alpha value is -0.970. The van der Waals surface area contributed by atoms with Crippen molar-refractivity contribution in [2.45, 2.75) is 19.1 Å². The predicted molar refractivity (Wildman–Crippen MR) is 62.4 cm³/mol. The molecule has 0 saturated heterocycles. The van der Waals surface area contributed by atoms with Crippen LogP contribution in [0.1, 0.15) is 12.0 Å². The highest BCUT2D eigenvalue weighted by Gasteiger charge is 2.07. The van der Waals surface area contributed by atoms with Gasteiger partial charge in [-0.1, -0.05) is 12.1 Å². The minimum absolute atomic E-state index is 0.228. The van der Waals surface area contributed by atoms with E-state index in [1.54, 1.807) is 6.07 Å². The van der Waals surface area contributed by atoms with Crippen LogP contribution < -0.4 is 5.73 Å². The van der Waals surface area contributed by atoms with Gasteiger partial charge in [-0.05, 0) is 37.7 Å². The zero-order valence-electron chi connectivity index (χ0n) is 9.56. The topological polar surface area (TPSA) is 49.5 Å². The first-order valence-electron chi connectivity index (χ1n) is 5.43. The van der Waals surface area contributed by atoms with Gasteiger partial charge in [0.05, 0.1) is 6.10 Å². The summed E-state index contributed by atoms with van der Waals surface area (Å²) in [6.45, 7) is 1.65. The molecule has 4 heteroatoms. The molecule has 0 aliphatic rings. The summed E-state index contributed by atoms with van der Waals surface area (Å²) in [5.74, 6) is -0.228. The number of likely N-dealkylation sites (N-methyl/N-ethyl adjacent to an activating group) is 1. The Morgan fingerprint density at radius 2 is 2.25 bits per heavy atom. The maximum absolute atomic E-state index is 12.9. The summed E-state index contributed by atoms with van der Waals surface area (Å²) < 4.78 is 12.9. The average Bonchev–Trinajstić information content (AvgIpc) is 2.17. The van der Waals surface area contributed by atoms with Gasteiger partial charge >= 0.3 is 0 Å². The summed E-state index contributed by atoms with van der Waals surface area (Å²) in [6, 6.07) is 6.49.